The van der Waals surface area contributed by atoms with Crippen molar-refractivity contribution in [3.63, 3.8) is 0 Å². The molecule has 0 spiro atoms. The molecule has 0 aliphatic carbocycles. The number of thioether (sulfide) groups is 1. The largest absolute Gasteiger partial charge is 0.343 e. The molecule has 1 aliphatic rings. The molecule has 0 aromatic heterocycles. The summed E-state index contributed by atoms with van der Waals surface area (Å²) in [6, 6.07) is 2.05. The van der Waals surface area contributed by atoms with Crippen molar-refractivity contribution in [2.75, 3.05) is 17.7 Å². The molecule has 1 unspecified atom stereocenters. The lowest BCUT2D eigenvalue weighted by atomic mass is 10.1. The number of carbonyl (C=O) groups excluding carboxylic acids is 3. The van der Waals surface area contributed by atoms with Crippen LogP contribution in [0.1, 0.15) is 27.2 Å². The second-order valence-electron chi connectivity index (χ2n) is 7.06. The van der Waals surface area contributed by atoms with Crippen molar-refractivity contribution in [2.45, 2.75) is 38.0 Å². The SMILES string of the molecule is CC(C)(C)NC(=O)C(=O)N1CCC(C(=O)Nc2ccc(F)c(Cl)c2F)SC1. The first-order valence-electron chi connectivity index (χ1n) is 8.17. The van der Waals surface area contributed by atoms with E-state index in [1.807, 2.05) is 0 Å². The summed E-state index contributed by atoms with van der Waals surface area (Å²) in [7, 11) is 0. The van der Waals surface area contributed by atoms with Gasteiger partial charge in [-0.1, -0.05) is 11.6 Å². The van der Waals surface area contributed by atoms with E-state index in [2.05, 4.69) is 10.6 Å². The van der Waals surface area contributed by atoms with Crippen molar-refractivity contribution in [3.05, 3.63) is 28.8 Å². The number of hydrogen-bond acceptors (Lipinski definition) is 4. The number of carbonyl (C=O) groups is 3. The van der Waals surface area contributed by atoms with Gasteiger partial charge >= 0.3 is 11.8 Å². The Labute approximate surface area is 165 Å². The first-order valence-corrected chi connectivity index (χ1v) is 9.59. The lowest BCUT2D eigenvalue weighted by Gasteiger charge is -2.31. The van der Waals surface area contributed by atoms with Crippen LogP contribution in [0.15, 0.2) is 12.1 Å². The second kappa shape index (κ2) is 8.43. The lowest BCUT2D eigenvalue weighted by molar-refractivity contribution is -0.146. The normalized spacial score (nSPS) is 17.4. The summed E-state index contributed by atoms with van der Waals surface area (Å²) in [5.74, 6) is -3.64. The van der Waals surface area contributed by atoms with Crippen LogP contribution in [0, 0.1) is 11.6 Å². The second-order valence-corrected chi connectivity index (χ2v) is 8.60. The van der Waals surface area contributed by atoms with Gasteiger partial charge in [0.1, 0.15) is 10.8 Å². The third kappa shape index (κ3) is 5.55. The summed E-state index contributed by atoms with van der Waals surface area (Å²) in [4.78, 5) is 37.7. The summed E-state index contributed by atoms with van der Waals surface area (Å²) < 4.78 is 27.1. The summed E-state index contributed by atoms with van der Waals surface area (Å²) in [6.07, 6.45) is 0.293. The number of nitrogens with one attached hydrogen (secondary N) is 2. The smallest absolute Gasteiger partial charge is 0.312 e. The van der Waals surface area contributed by atoms with E-state index in [1.165, 1.54) is 4.90 Å². The van der Waals surface area contributed by atoms with Crippen LogP contribution in [0.4, 0.5) is 14.5 Å². The Morgan fingerprint density at radius 1 is 1.26 bits per heavy atom. The summed E-state index contributed by atoms with van der Waals surface area (Å²) in [6.45, 7) is 5.52. The average molecular weight is 420 g/mol. The molecular formula is C17H20ClF2N3O3S. The molecule has 0 saturated carbocycles. The van der Waals surface area contributed by atoms with Gasteiger partial charge in [-0.15, -0.1) is 11.8 Å². The Balaban J connectivity index is 1.92. The van der Waals surface area contributed by atoms with Crippen molar-refractivity contribution < 1.29 is 23.2 Å². The molecule has 2 N–H and O–H groups in total. The fraction of sp³-hybridized carbons (Fsp3) is 0.471. The van der Waals surface area contributed by atoms with Gasteiger partial charge in [0.2, 0.25) is 5.91 Å². The highest BCUT2D eigenvalue weighted by atomic mass is 35.5. The van der Waals surface area contributed by atoms with Gasteiger partial charge in [-0.25, -0.2) is 8.78 Å². The van der Waals surface area contributed by atoms with E-state index < -0.39 is 45.2 Å². The third-order valence-corrected chi connectivity index (χ3v) is 5.31. The van der Waals surface area contributed by atoms with Gasteiger partial charge in [-0.2, -0.15) is 0 Å². The highest BCUT2D eigenvalue weighted by molar-refractivity contribution is 8.00. The van der Waals surface area contributed by atoms with E-state index in [1.54, 1.807) is 20.8 Å². The highest BCUT2D eigenvalue weighted by Gasteiger charge is 2.32. The number of hydrogen-bond donors (Lipinski definition) is 2. The van der Waals surface area contributed by atoms with Crippen molar-refractivity contribution in [2.24, 2.45) is 0 Å². The Kier molecular flexibility index (Phi) is 6.69. The number of anilines is 1. The van der Waals surface area contributed by atoms with Crippen LogP contribution < -0.4 is 10.6 Å². The lowest BCUT2D eigenvalue weighted by Crippen LogP contribution is -2.51. The molecule has 1 aromatic carbocycles. The van der Waals surface area contributed by atoms with Crippen molar-refractivity contribution in [1.82, 2.24) is 10.2 Å². The number of amides is 3. The molecule has 1 atom stereocenters. The minimum atomic E-state index is -1.04. The van der Waals surface area contributed by atoms with E-state index in [0.29, 0.717) is 6.42 Å². The van der Waals surface area contributed by atoms with Gasteiger partial charge < -0.3 is 15.5 Å². The summed E-state index contributed by atoms with van der Waals surface area (Å²) in [5.41, 5.74) is -0.742. The number of benzene rings is 1. The number of halogens is 3. The highest BCUT2D eigenvalue weighted by Crippen LogP contribution is 2.28. The van der Waals surface area contributed by atoms with E-state index >= 15 is 0 Å². The summed E-state index contributed by atoms with van der Waals surface area (Å²) >= 11 is 6.65. The van der Waals surface area contributed by atoms with E-state index in [0.717, 1.165) is 23.9 Å². The minimum absolute atomic E-state index is 0.154. The maximum atomic E-state index is 13.9. The average Bonchev–Trinajstić information content (AvgIpc) is 2.60. The molecule has 0 bridgehead atoms. The van der Waals surface area contributed by atoms with Gasteiger partial charge in [0, 0.05) is 12.1 Å². The van der Waals surface area contributed by atoms with E-state index in [-0.39, 0.29) is 18.1 Å². The predicted octanol–water partition coefficient (Wildman–Crippen LogP) is 2.76. The van der Waals surface area contributed by atoms with Crippen molar-refractivity contribution in [1.29, 1.82) is 0 Å². The van der Waals surface area contributed by atoms with Crippen molar-refractivity contribution in [3.8, 4) is 0 Å². The van der Waals surface area contributed by atoms with Crippen LogP contribution in [-0.2, 0) is 14.4 Å². The van der Waals surface area contributed by atoms with Crippen LogP contribution in [0.2, 0.25) is 5.02 Å². The zero-order valence-electron chi connectivity index (χ0n) is 15.1. The fourth-order valence-electron chi connectivity index (χ4n) is 2.34. The maximum absolute atomic E-state index is 13.9. The standard InChI is InChI=1S/C17H20ClF2N3O3S/c1-17(2,3)22-15(25)16(26)23-7-6-11(27-8-23)14(24)21-10-5-4-9(19)12(18)13(10)20/h4-5,11H,6-8H2,1-3H3,(H,21,24)(H,22,25). The quantitative estimate of drug-likeness (QED) is 0.570. The van der Waals surface area contributed by atoms with Gasteiger partial charge in [0.25, 0.3) is 0 Å². The number of rotatable bonds is 2. The van der Waals surface area contributed by atoms with Crippen LogP contribution in [0.5, 0.6) is 0 Å². The Morgan fingerprint density at radius 2 is 1.93 bits per heavy atom. The van der Waals surface area contributed by atoms with Crippen LogP contribution in [-0.4, -0.2) is 45.8 Å². The van der Waals surface area contributed by atoms with E-state index in [4.69, 9.17) is 11.6 Å². The molecule has 3 amide bonds. The zero-order chi connectivity index (χ0) is 20.4. The topological polar surface area (TPSA) is 78.5 Å². The molecule has 1 fully saturated rings. The molecule has 27 heavy (non-hydrogen) atoms. The van der Waals surface area contributed by atoms with Crippen molar-refractivity contribution >= 4 is 46.8 Å². The van der Waals surface area contributed by atoms with Gasteiger partial charge in [-0.3, -0.25) is 14.4 Å². The molecule has 1 aromatic rings. The fourth-order valence-corrected chi connectivity index (χ4v) is 3.59. The molecule has 1 aliphatic heterocycles. The number of nitrogens with zero attached hydrogens (tertiary/aromatic N) is 1. The molecule has 6 nitrogen and oxygen atoms in total. The molecule has 1 heterocycles. The molecule has 1 saturated heterocycles. The molecular weight excluding hydrogens is 400 g/mol. The zero-order valence-corrected chi connectivity index (χ0v) is 16.6. The molecule has 148 valence electrons. The first-order chi connectivity index (χ1) is 12.5. The van der Waals surface area contributed by atoms with Gasteiger partial charge in [0.05, 0.1) is 16.8 Å². The monoisotopic (exact) mass is 419 g/mol. The maximum Gasteiger partial charge on any atom is 0.312 e. The van der Waals surface area contributed by atoms with Gasteiger partial charge in [-0.05, 0) is 39.3 Å². The van der Waals surface area contributed by atoms with Crippen LogP contribution in [0.25, 0.3) is 0 Å². The Morgan fingerprint density at radius 3 is 2.48 bits per heavy atom. The van der Waals surface area contributed by atoms with Crippen LogP contribution in [0.3, 0.4) is 0 Å². The molecule has 0 radical (unpaired) electrons. The van der Waals surface area contributed by atoms with Gasteiger partial charge in [0.15, 0.2) is 5.82 Å². The predicted molar refractivity (Wildman–Crippen MR) is 100 cm³/mol. The minimum Gasteiger partial charge on any atom is -0.343 e. The Hall–Kier alpha value is -1.87. The first kappa shape index (κ1) is 21.4. The Bertz CT molecular complexity index is 763. The third-order valence-electron chi connectivity index (χ3n) is 3.65. The molecule has 10 heteroatoms. The molecule has 2 rings (SSSR count). The van der Waals surface area contributed by atoms with E-state index in [9.17, 15) is 23.2 Å². The summed E-state index contributed by atoms with van der Waals surface area (Å²) in [5, 5.41) is 3.74. The van der Waals surface area contributed by atoms with Crippen LogP contribution >= 0.6 is 23.4 Å².